The number of carbonyl (C=O) groups is 1. The molecule has 0 aliphatic heterocycles. The molecule has 0 saturated heterocycles. The number of amides is 1. The van der Waals surface area contributed by atoms with E-state index < -0.39 is 4.92 Å². The molecule has 1 atom stereocenters. The number of nitro benzene ring substituents is 1. The summed E-state index contributed by atoms with van der Waals surface area (Å²) in [5.41, 5.74) is 1.25. The molecule has 2 rings (SSSR count). The molecule has 0 saturated carbocycles. The quantitative estimate of drug-likeness (QED) is 0.638. The number of non-ortho nitro benzene ring substituents is 1. The molecule has 0 unspecified atom stereocenters. The summed E-state index contributed by atoms with van der Waals surface area (Å²) in [6.07, 6.45) is 0. The van der Waals surface area contributed by atoms with Crippen molar-refractivity contribution in [2.24, 2.45) is 0 Å². The Morgan fingerprint density at radius 1 is 1.14 bits per heavy atom. The van der Waals surface area contributed by atoms with Crippen LogP contribution in [0.2, 0.25) is 0 Å². The van der Waals surface area contributed by atoms with Gasteiger partial charge in [-0.25, -0.2) is 0 Å². The van der Waals surface area contributed by atoms with Gasteiger partial charge in [-0.3, -0.25) is 14.9 Å². The molecule has 0 N–H and O–H groups in total. The molecule has 0 bridgehead atoms. The molecular weight excluding hydrogens is 268 g/mol. The lowest BCUT2D eigenvalue weighted by molar-refractivity contribution is -0.384. The number of rotatable bonds is 4. The molecule has 1 amide bonds. The van der Waals surface area contributed by atoms with Crippen molar-refractivity contribution in [3.05, 3.63) is 75.8 Å². The summed E-state index contributed by atoms with van der Waals surface area (Å²) in [6, 6.07) is 15.3. The van der Waals surface area contributed by atoms with Crippen LogP contribution in [0.3, 0.4) is 0 Å². The van der Waals surface area contributed by atoms with Crippen LogP contribution in [0, 0.1) is 10.1 Å². The Morgan fingerprint density at radius 3 is 2.43 bits per heavy atom. The molecule has 0 radical (unpaired) electrons. The summed E-state index contributed by atoms with van der Waals surface area (Å²) in [5, 5.41) is 10.8. The second kappa shape index (κ2) is 6.17. The molecule has 0 aromatic heterocycles. The lowest BCUT2D eigenvalue weighted by Gasteiger charge is -2.25. The largest absolute Gasteiger partial charge is 0.335 e. The fraction of sp³-hybridized carbons (Fsp3) is 0.188. The molecular formula is C16H16N2O3. The SMILES string of the molecule is C[C@H](c1ccccc1)N(C)C(=O)c1cccc([N+](=O)[O-])c1. The van der Waals surface area contributed by atoms with E-state index in [1.807, 2.05) is 37.3 Å². The molecule has 5 heteroatoms. The van der Waals surface area contributed by atoms with Crippen LogP contribution in [0.5, 0.6) is 0 Å². The highest BCUT2D eigenvalue weighted by atomic mass is 16.6. The van der Waals surface area contributed by atoms with Gasteiger partial charge in [-0.2, -0.15) is 0 Å². The predicted molar refractivity (Wildman–Crippen MR) is 80.0 cm³/mol. The topological polar surface area (TPSA) is 63.5 Å². The fourth-order valence-corrected chi connectivity index (χ4v) is 2.09. The van der Waals surface area contributed by atoms with Gasteiger partial charge in [0, 0.05) is 24.7 Å². The third-order valence-electron chi connectivity index (χ3n) is 3.49. The van der Waals surface area contributed by atoms with Crippen molar-refractivity contribution in [1.29, 1.82) is 0 Å². The maximum absolute atomic E-state index is 12.4. The molecule has 0 fully saturated rings. The maximum atomic E-state index is 12.4. The van der Waals surface area contributed by atoms with Crippen LogP contribution in [-0.2, 0) is 0 Å². The van der Waals surface area contributed by atoms with Gasteiger partial charge in [0.15, 0.2) is 0 Å². The Bertz CT molecular complexity index is 656. The van der Waals surface area contributed by atoms with Gasteiger partial charge >= 0.3 is 0 Å². The van der Waals surface area contributed by atoms with E-state index in [-0.39, 0.29) is 17.6 Å². The van der Waals surface area contributed by atoms with Gasteiger partial charge < -0.3 is 4.90 Å². The molecule has 0 aliphatic rings. The summed E-state index contributed by atoms with van der Waals surface area (Å²) in [6.45, 7) is 1.92. The number of benzene rings is 2. The zero-order valence-corrected chi connectivity index (χ0v) is 11.9. The summed E-state index contributed by atoms with van der Waals surface area (Å²) < 4.78 is 0. The van der Waals surface area contributed by atoms with E-state index in [4.69, 9.17) is 0 Å². The molecule has 5 nitrogen and oxygen atoms in total. The molecule has 108 valence electrons. The first-order valence-electron chi connectivity index (χ1n) is 6.57. The Hall–Kier alpha value is -2.69. The standard InChI is InChI=1S/C16H16N2O3/c1-12(13-7-4-3-5-8-13)17(2)16(19)14-9-6-10-15(11-14)18(20)21/h3-12H,1-2H3/t12-/m1/s1. The van der Waals surface area contributed by atoms with E-state index in [0.717, 1.165) is 5.56 Å². The molecule has 21 heavy (non-hydrogen) atoms. The van der Waals surface area contributed by atoms with Gasteiger partial charge in [0.2, 0.25) is 0 Å². The van der Waals surface area contributed by atoms with Crippen molar-refractivity contribution in [1.82, 2.24) is 4.90 Å². The average Bonchev–Trinajstić information content (AvgIpc) is 2.53. The normalized spacial score (nSPS) is 11.7. The van der Waals surface area contributed by atoms with E-state index >= 15 is 0 Å². The Balaban J connectivity index is 2.23. The highest BCUT2D eigenvalue weighted by Gasteiger charge is 2.20. The fourth-order valence-electron chi connectivity index (χ4n) is 2.09. The third-order valence-corrected chi connectivity index (χ3v) is 3.49. The van der Waals surface area contributed by atoms with Crippen LogP contribution in [-0.4, -0.2) is 22.8 Å². The van der Waals surface area contributed by atoms with Crippen molar-refractivity contribution in [3.63, 3.8) is 0 Å². The highest BCUT2D eigenvalue weighted by Crippen LogP contribution is 2.21. The van der Waals surface area contributed by atoms with Crippen LogP contribution in [0.15, 0.2) is 54.6 Å². The Morgan fingerprint density at radius 2 is 1.81 bits per heavy atom. The minimum absolute atomic E-state index is 0.0818. The van der Waals surface area contributed by atoms with Crippen molar-refractivity contribution >= 4 is 11.6 Å². The lowest BCUT2D eigenvalue weighted by atomic mass is 10.1. The smallest absolute Gasteiger partial charge is 0.270 e. The van der Waals surface area contributed by atoms with Crippen molar-refractivity contribution < 1.29 is 9.72 Å². The summed E-state index contributed by atoms with van der Waals surface area (Å²) in [7, 11) is 1.69. The number of hydrogen-bond donors (Lipinski definition) is 0. The minimum Gasteiger partial charge on any atom is -0.335 e. The van der Waals surface area contributed by atoms with Gasteiger partial charge in [-0.1, -0.05) is 36.4 Å². The number of hydrogen-bond acceptors (Lipinski definition) is 3. The maximum Gasteiger partial charge on any atom is 0.270 e. The molecule has 0 spiro atoms. The van der Waals surface area contributed by atoms with Crippen molar-refractivity contribution in [2.75, 3.05) is 7.05 Å². The van der Waals surface area contributed by atoms with Gasteiger partial charge in [0.05, 0.1) is 11.0 Å². The molecule has 2 aromatic carbocycles. The summed E-state index contributed by atoms with van der Waals surface area (Å²) >= 11 is 0. The van der Waals surface area contributed by atoms with Gasteiger partial charge in [0.1, 0.15) is 0 Å². The Kier molecular flexibility index (Phi) is 4.33. The molecule has 0 aliphatic carbocycles. The first-order chi connectivity index (χ1) is 10.0. The molecule has 0 heterocycles. The highest BCUT2D eigenvalue weighted by molar-refractivity contribution is 5.94. The lowest BCUT2D eigenvalue weighted by Crippen LogP contribution is -2.29. The average molecular weight is 284 g/mol. The second-order valence-corrected chi connectivity index (χ2v) is 4.81. The Labute approximate surface area is 123 Å². The zero-order valence-electron chi connectivity index (χ0n) is 11.9. The van der Waals surface area contributed by atoms with Crippen molar-refractivity contribution in [2.45, 2.75) is 13.0 Å². The van der Waals surface area contributed by atoms with E-state index in [1.54, 1.807) is 18.0 Å². The van der Waals surface area contributed by atoms with Gasteiger partial charge in [-0.05, 0) is 18.6 Å². The van der Waals surface area contributed by atoms with E-state index in [2.05, 4.69) is 0 Å². The van der Waals surface area contributed by atoms with Crippen LogP contribution in [0.4, 0.5) is 5.69 Å². The third kappa shape index (κ3) is 3.25. The van der Waals surface area contributed by atoms with Crippen LogP contribution < -0.4 is 0 Å². The summed E-state index contributed by atoms with van der Waals surface area (Å²) in [5.74, 6) is -0.241. The zero-order chi connectivity index (χ0) is 15.4. The first kappa shape index (κ1) is 14.7. The van der Waals surface area contributed by atoms with E-state index in [1.165, 1.54) is 18.2 Å². The minimum atomic E-state index is -0.503. The van der Waals surface area contributed by atoms with E-state index in [9.17, 15) is 14.9 Å². The predicted octanol–water partition coefficient (Wildman–Crippen LogP) is 3.43. The van der Waals surface area contributed by atoms with Gasteiger partial charge in [-0.15, -0.1) is 0 Å². The number of carbonyl (C=O) groups excluding carboxylic acids is 1. The number of nitrogens with zero attached hydrogens (tertiary/aromatic N) is 2. The second-order valence-electron chi connectivity index (χ2n) is 4.81. The van der Waals surface area contributed by atoms with E-state index in [0.29, 0.717) is 5.56 Å². The number of nitro groups is 1. The first-order valence-corrected chi connectivity index (χ1v) is 6.57. The van der Waals surface area contributed by atoms with Crippen molar-refractivity contribution in [3.8, 4) is 0 Å². The molecule has 2 aromatic rings. The monoisotopic (exact) mass is 284 g/mol. The van der Waals surface area contributed by atoms with Crippen LogP contribution >= 0.6 is 0 Å². The van der Waals surface area contributed by atoms with Crippen LogP contribution in [0.25, 0.3) is 0 Å². The summed E-state index contributed by atoms with van der Waals surface area (Å²) in [4.78, 5) is 24.3. The van der Waals surface area contributed by atoms with Gasteiger partial charge in [0.25, 0.3) is 11.6 Å². The van der Waals surface area contributed by atoms with Crippen LogP contribution in [0.1, 0.15) is 28.9 Å².